The molecule has 0 bridgehead atoms. The van der Waals surface area contributed by atoms with Gasteiger partial charge in [-0.1, -0.05) is 28.1 Å². The van der Waals surface area contributed by atoms with E-state index in [9.17, 15) is 8.42 Å². The highest BCUT2D eigenvalue weighted by Gasteiger charge is 2.19. The van der Waals surface area contributed by atoms with E-state index in [1.165, 1.54) is 0 Å². The first-order valence-corrected chi connectivity index (χ1v) is 8.85. The summed E-state index contributed by atoms with van der Waals surface area (Å²) in [7, 11) is -3.57. The highest BCUT2D eigenvalue weighted by atomic mass is 79.9. The second-order valence-corrected chi connectivity index (χ2v) is 7.70. The van der Waals surface area contributed by atoms with Crippen molar-refractivity contribution in [2.24, 2.45) is 0 Å². The minimum absolute atomic E-state index is 0.296. The molecule has 1 aliphatic rings. The van der Waals surface area contributed by atoms with E-state index in [4.69, 9.17) is 0 Å². The molecule has 0 fully saturated rings. The summed E-state index contributed by atoms with van der Waals surface area (Å²) < 4.78 is 28.5. The van der Waals surface area contributed by atoms with Crippen LogP contribution < -0.4 is 10.0 Å². The van der Waals surface area contributed by atoms with E-state index in [2.05, 4.69) is 26.0 Å². The maximum atomic E-state index is 12.5. The molecule has 3 rings (SSSR count). The number of aryl methyl sites for hydroxylation is 1. The first kappa shape index (κ1) is 14.6. The molecule has 0 aliphatic carbocycles. The zero-order valence-corrected chi connectivity index (χ0v) is 13.9. The van der Waals surface area contributed by atoms with Crippen molar-refractivity contribution in [2.75, 3.05) is 4.72 Å². The van der Waals surface area contributed by atoms with Crippen LogP contribution in [0.3, 0.4) is 0 Å². The summed E-state index contributed by atoms with van der Waals surface area (Å²) in [6.45, 7) is 3.39. The van der Waals surface area contributed by atoms with Gasteiger partial charge in [-0.2, -0.15) is 0 Å². The number of hydrogen-bond donors (Lipinski definition) is 2. The predicted molar refractivity (Wildman–Crippen MR) is 86.7 cm³/mol. The van der Waals surface area contributed by atoms with Gasteiger partial charge in [-0.25, -0.2) is 8.42 Å². The molecule has 0 spiro atoms. The van der Waals surface area contributed by atoms with E-state index >= 15 is 0 Å². The van der Waals surface area contributed by atoms with E-state index in [1.807, 2.05) is 25.1 Å². The first-order chi connectivity index (χ1) is 9.95. The van der Waals surface area contributed by atoms with Crippen molar-refractivity contribution in [3.8, 4) is 0 Å². The Bertz CT molecular complexity index is 803. The molecule has 1 aliphatic heterocycles. The largest absolute Gasteiger partial charge is 0.309 e. The second kappa shape index (κ2) is 5.44. The number of benzene rings is 2. The fourth-order valence-corrected chi connectivity index (χ4v) is 3.88. The molecule has 6 heteroatoms. The van der Waals surface area contributed by atoms with Crippen molar-refractivity contribution in [1.82, 2.24) is 5.32 Å². The zero-order valence-electron chi connectivity index (χ0n) is 11.5. The van der Waals surface area contributed by atoms with Crippen LogP contribution in [0.15, 0.2) is 45.8 Å². The Balaban J connectivity index is 1.95. The van der Waals surface area contributed by atoms with Gasteiger partial charge in [-0.15, -0.1) is 0 Å². The number of sulfonamides is 1. The Labute approximate surface area is 132 Å². The SMILES string of the molecule is Cc1ccc(Br)cc1NS(=O)(=O)c1ccc2c(c1)CNC2. The number of hydrogen-bond acceptors (Lipinski definition) is 3. The van der Waals surface area contributed by atoms with Crippen LogP contribution in [0, 0.1) is 6.92 Å². The molecule has 110 valence electrons. The minimum atomic E-state index is -3.57. The van der Waals surface area contributed by atoms with Crippen LogP contribution in [0.2, 0.25) is 0 Å². The molecular weight excluding hydrogens is 352 g/mol. The molecule has 0 saturated heterocycles. The number of halogens is 1. The van der Waals surface area contributed by atoms with Crippen molar-refractivity contribution in [1.29, 1.82) is 0 Å². The molecule has 1 heterocycles. The lowest BCUT2D eigenvalue weighted by Crippen LogP contribution is -2.14. The van der Waals surface area contributed by atoms with E-state index in [0.717, 1.165) is 27.7 Å². The van der Waals surface area contributed by atoms with E-state index < -0.39 is 10.0 Å². The molecule has 0 aromatic heterocycles. The van der Waals surface area contributed by atoms with Crippen molar-refractivity contribution in [2.45, 2.75) is 24.9 Å². The van der Waals surface area contributed by atoms with Gasteiger partial charge in [-0.05, 0) is 47.9 Å². The number of fused-ring (bicyclic) bond motifs is 1. The summed E-state index contributed by atoms with van der Waals surface area (Å²) in [5.41, 5.74) is 3.67. The number of anilines is 1. The maximum absolute atomic E-state index is 12.5. The molecular formula is C15H15BrN2O2S. The van der Waals surface area contributed by atoms with Crippen LogP contribution in [0.4, 0.5) is 5.69 Å². The third kappa shape index (κ3) is 2.97. The molecule has 2 N–H and O–H groups in total. The lowest BCUT2D eigenvalue weighted by Gasteiger charge is -2.12. The van der Waals surface area contributed by atoms with Crippen LogP contribution in [0.25, 0.3) is 0 Å². The Morgan fingerprint density at radius 3 is 2.67 bits per heavy atom. The maximum Gasteiger partial charge on any atom is 0.261 e. The summed E-state index contributed by atoms with van der Waals surface area (Å²) in [5, 5.41) is 3.21. The van der Waals surface area contributed by atoms with Gasteiger partial charge in [0.05, 0.1) is 10.6 Å². The second-order valence-electron chi connectivity index (χ2n) is 5.10. The minimum Gasteiger partial charge on any atom is -0.309 e. The third-order valence-electron chi connectivity index (χ3n) is 3.56. The van der Waals surface area contributed by atoms with Crippen LogP contribution in [0.1, 0.15) is 16.7 Å². The normalized spacial score (nSPS) is 14.0. The highest BCUT2D eigenvalue weighted by molar-refractivity contribution is 9.10. The molecule has 2 aromatic carbocycles. The molecule has 2 aromatic rings. The van der Waals surface area contributed by atoms with Crippen molar-refractivity contribution < 1.29 is 8.42 Å². The van der Waals surface area contributed by atoms with Gasteiger partial charge < -0.3 is 5.32 Å². The van der Waals surface area contributed by atoms with Crippen LogP contribution in [-0.4, -0.2) is 8.42 Å². The fraction of sp³-hybridized carbons (Fsp3) is 0.200. The Morgan fingerprint density at radius 1 is 1.10 bits per heavy atom. The average Bonchev–Trinajstić information content (AvgIpc) is 2.90. The van der Waals surface area contributed by atoms with Crippen molar-refractivity contribution >= 4 is 31.6 Å². The van der Waals surface area contributed by atoms with Crippen LogP contribution in [0.5, 0.6) is 0 Å². The average molecular weight is 367 g/mol. The van der Waals surface area contributed by atoms with Crippen molar-refractivity contribution in [3.63, 3.8) is 0 Å². The Kier molecular flexibility index (Phi) is 3.77. The standard InChI is InChI=1S/C15H15BrN2O2S/c1-10-2-4-13(16)7-15(10)18-21(19,20)14-5-3-11-8-17-9-12(11)6-14/h2-7,17-18H,8-9H2,1H3. The summed E-state index contributed by atoms with van der Waals surface area (Å²) >= 11 is 3.36. The lowest BCUT2D eigenvalue weighted by molar-refractivity contribution is 0.601. The van der Waals surface area contributed by atoms with Gasteiger partial charge in [0.15, 0.2) is 0 Å². The van der Waals surface area contributed by atoms with Gasteiger partial charge in [0.25, 0.3) is 10.0 Å². The Hall–Kier alpha value is -1.37. The van der Waals surface area contributed by atoms with Gasteiger partial charge in [0.1, 0.15) is 0 Å². The summed E-state index contributed by atoms with van der Waals surface area (Å²) in [6, 6.07) is 10.8. The molecule has 0 unspecified atom stereocenters. The Morgan fingerprint density at radius 2 is 1.86 bits per heavy atom. The van der Waals surface area contributed by atoms with Gasteiger partial charge in [-0.3, -0.25) is 4.72 Å². The first-order valence-electron chi connectivity index (χ1n) is 6.57. The smallest absolute Gasteiger partial charge is 0.261 e. The van der Waals surface area contributed by atoms with Gasteiger partial charge in [0.2, 0.25) is 0 Å². The quantitative estimate of drug-likeness (QED) is 0.876. The molecule has 0 atom stereocenters. The summed E-state index contributed by atoms with van der Waals surface area (Å²) in [6.07, 6.45) is 0. The lowest BCUT2D eigenvalue weighted by atomic mass is 10.1. The van der Waals surface area contributed by atoms with Crippen LogP contribution in [-0.2, 0) is 23.1 Å². The van der Waals surface area contributed by atoms with E-state index in [-0.39, 0.29) is 0 Å². The molecule has 0 saturated carbocycles. The van der Waals surface area contributed by atoms with Crippen LogP contribution >= 0.6 is 15.9 Å². The van der Waals surface area contributed by atoms with Crippen molar-refractivity contribution in [3.05, 3.63) is 57.6 Å². The van der Waals surface area contributed by atoms with Gasteiger partial charge in [0, 0.05) is 17.6 Å². The zero-order chi connectivity index (χ0) is 15.0. The van der Waals surface area contributed by atoms with E-state index in [0.29, 0.717) is 17.1 Å². The predicted octanol–water partition coefficient (Wildman–Crippen LogP) is 3.16. The monoisotopic (exact) mass is 366 g/mol. The summed E-state index contributed by atoms with van der Waals surface area (Å²) in [4.78, 5) is 0.296. The number of nitrogens with one attached hydrogen (secondary N) is 2. The molecule has 0 amide bonds. The summed E-state index contributed by atoms with van der Waals surface area (Å²) in [5.74, 6) is 0. The highest BCUT2D eigenvalue weighted by Crippen LogP contribution is 2.25. The fourth-order valence-electron chi connectivity index (χ4n) is 2.35. The molecule has 4 nitrogen and oxygen atoms in total. The number of rotatable bonds is 3. The van der Waals surface area contributed by atoms with Gasteiger partial charge >= 0.3 is 0 Å². The topological polar surface area (TPSA) is 58.2 Å². The molecule has 21 heavy (non-hydrogen) atoms. The third-order valence-corrected chi connectivity index (χ3v) is 5.42. The molecule has 0 radical (unpaired) electrons. The van der Waals surface area contributed by atoms with E-state index in [1.54, 1.807) is 18.2 Å².